The smallest absolute Gasteiger partial charge is 0.216 e. The van der Waals surface area contributed by atoms with Gasteiger partial charge in [0.25, 0.3) is 0 Å². The predicted molar refractivity (Wildman–Crippen MR) is 93.5 cm³/mol. The first-order valence-corrected chi connectivity index (χ1v) is 9.44. The molecule has 0 aliphatic heterocycles. The summed E-state index contributed by atoms with van der Waals surface area (Å²) in [7, 11) is -3.58. The topological polar surface area (TPSA) is 55.4 Å². The Hall–Kier alpha value is -1.27. The molecule has 0 aliphatic rings. The van der Waals surface area contributed by atoms with Crippen molar-refractivity contribution >= 4 is 33.2 Å². The van der Waals surface area contributed by atoms with Gasteiger partial charge in [-0.15, -0.1) is 0 Å². The Bertz CT molecular complexity index is 758. The highest BCUT2D eigenvalue weighted by molar-refractivity contribution is 7.88. The van der Waals surface area contributed by atoms with Crippen LogP contribution in [0.3, 0.4) is 0 Å². The Morgan fingerprint density at radius 3 is 2.35 bits per heavy atom. The summed E-state index contributed by atoms with van der Waals surface area (Å²) < 4.78 is 32.6. The maximum Gasteiger partial charge on any atom is 0.216 e. The molecular weight excluding hydrogens is 357 g/mol. The monoisotopic (exact) mass is 373 g/mol. The molecule has 7 heteroatoms. The summed E-state index contributed by atoms with van der Waals surface area (Å²) in [5, 5.41) is 0.662. The predicted octanol–water partition coefficient (Wildman–Crippen LogP) is 4.01. The van der Waals surface area contributed by atoms with Crippen LogP contribution in [0.25, 0.3) is 0 Å². The minimum Gasteiger partial charge on any atom is -0.494 e. The first-order chi connectivity index (χ1) is 10.9. The SMILES string of the molecule is CCOc1ccccc1CNS(=O)(=O)Cc1c(Cl)cccc1Cl. The number of halogens is 2. The average Bonchev–Trinajstić information content (AvgIpc) is 2.51. The fourth-order valence-corrected chi connectivity index (χ4v) is 3.90. The zero-order valence-corrected chi connectivity index (χ0v) is 14.9. The zero-order valence-electron chi connectivity index (χ0n) is 12.6. The summed E-state index contributed by atoms with van der Waals surface area (Å²) >= 11 is 12.0. The lowest BCUT2D eigenvalue weighted by molar-refractivity contribution is 0.336. The molecule has 23 heavy (non-hydrogen) atoms. The number of para-hydroxylation sites is 1. The lowest BCUT2D eigenvalue weighted by atomic mass is 10.2. The van der Waals surface area contributed by atoms with E-state index in [1.54, 1.807) is 24.3 Å². The third kappa shape index (κ3) is 5.11. The van der Waals surface area contributed by atoms with Gasteiger partial charge < -0.3 is 4.74 Å². The molecule has 0 amide bonds. The van der Waals surface area contributed by atoms with Gasteiger partial charge in [0.1, 0.15) is 5.75 Å². The zero-order chi connectivity index (χ0) is 16.9. The Morgan fingerprint density at radius 1 is 1.04 bits per heavy atom. The highest BCUT2D eigenvalue weighted by Gasteiger charge is 2.17. The molecule has 124 valence electrons. The van der Waals surface area contributed by atoms with Crippen molar-refractivity contribution in [2.24, 2.45) is 0 Å². The normalized spacial score (nSPS) is 11.4. The van der Waals surface area contributed by atoms with Gasteiger partial charge in [0.15, 0.2) is 0 Å². The molecule has 0 unspecified atom stereocenters. The summed E-state index contributed by atoms with van der Waals surface area (Å²) in [5.74, 6) is 0.385. The lowest BCUT2D eigenvalue weighted by Crippen LogP contribution is -2.25. The third-order valence-electron chi connectivity index (χ3n) is 3.15. The molecule has 0 spiro atoms. The third-order valence-corrected chi connectivity index (χ3v) is 5.11. The Morgan fingerprint density at radius 2 is 1.70 bits per heavy atom. The number of ether oxygens (including phenoxy) is 1. The molecule has 0 aliphatic carbocycles. The van der Waals surface area contributed by atoms with Crippen molar-refractivity contribution in [1.82, 2.24) is 4.72 Å². The minimum absolute atomic E-state index is 0.139. The van der Waals surface area contributed by atoms with Gasteiger partial charge in [-0.25, -0.2) is 13.1 Å². The van der Waals surface area contributed by atoms with Crippen LogP contribution in [-0.4, -0.2) is 15.0 Å². The number of hydrogen-bond acceptors (Lipinski definition) is 3. The molecule has 2 rings (SSSR count). The fraction of sp³-hybridized carbons (Fsp3) is 0.250. The van der Waals surface area contributed by atoms with Crippen LogP contribution in [0, 0.1) is 0 Å². The van der Waals surface area contributed by atoms with Crippen molar-refractivity contribution in [3.05, 3.63) is 63.6 Å². The Kier molecular flexibility index (Phi) is 6.30. The average molecular weight is 374 g/mol. The minimum atomic E-state index is -3.58. The summed E-state index contributed by atoms with van der Waals surface area (Å²) in [6, 6.07) is 12.2. The van der Waals surface area contributed by atoms with E-state index in [1.165, 1.54) is 0 Å². The molecule has 0 fully saturated rings. The lowest BCUT2D eigenvalue weighted by Gasteiger charge is -2.12. The van der Waals surface area contributed by atoms with Crippen LogP contribution in [-0.2, 0) is 22.3 Å². The summed E-state index contributed by atoms with van der Waals surface area (Å²) in [4.78, 5) is 0. The second-order valence-electron chi connectivity index (χ2n) is 4.82. The van der Waals surface area contributed by atoms with Crippen LogP contribution >= 0.6 is 23.2 Å². The maximum atomic E-state index is 12.3. The number of hydrogen-bond donors (Lipinski definition) is 1. The highest BCUT2D eigenvalue weighted by Crippen LogP contribution is 2.26. The second kappa shape index (κ2) is 8.02. The van der Waals surface area contributed by atoms with Crippen molar-refractivity contribution in [3.8, 4) is 5.75 Å². The van der Waals surface area contributed by atoms with E-state index in [-0.39, 0.29) is 12.3 Å². The summed E-state index contributed by atoms with van der Waals surface area (Å²) in [5.41, 5.74) is 1.16. The van der Waals surface area contributed by atoms with E-state index in [0.29, 0.717) is 28.0 Å². The molecule has 0 bridgehead atoms. The van der Waals surface area contributed by atoms with Crippen molar-refractivity contribution < 1.29 is 13.2 Å². The molecule has 0 radical (unpaired) electrons. The van der Waals surface area contributed by atoms with E-state index in [0.717, 1.165) is 5.56 Å². The van der Waals surface area contributed by atoms with Gasteiger partial charge in [-0.3, -0.25) is 0 Å². The van der Waals surface area contributed by atoms with Gasteiger partial charge in [0.05, 0.1) is 12.4 Å². The molecule has 0 atom stereocenters. The quantitative estimate of drug-likeness (QED) is 0.797. The summed E-state index contributed by atoms with van der Waals surface area (Å²) in [6.45, 7) is 2.53. The van der Waals surface area contributed by atoms with Crippen LogP contribution in [0.5, 0.6) is 5.75 Å². The largest absolute Gasteiger partial charge is 0.494 e. The second-order valence-corrected chi connectivity index (χ2v) is 7.44. The van der Waals surface area contributed by atoms with Gasteiger partial charge >= 0.3 is 0 Å². The van der Waals surface area contributed by atoms with E-state index in [9.17, 15) is 8.42 Å². The van der Waals surface area contributed by atoms with Gasteiger partial charge in [-0.1, -0.05) is 47.5 Å². The van der Waals surface area contributed by atoms with Crippen LogP contribution < -0.4 is 9.46 Å². The van der Waals surface area contributed by atoms with Crippen LogP contribution in [0.1, 0.15) is 18.1 Å². The molecule has 0 heterocycles. The van der Waals surface area contributed by atoms with E-state index in [2.05, 4.69) is 4.72 Å². The molecule has 0 aromatic heterocycles. The van der Waals surface area contributed by atoms with Gasteiger partial charge in [0, 0.05) is 27.7 Å². The van der Waals surface area contributed by atoms with E-state index < -0.39 is 10.0 Å². The Labute approximate surface area is 146 Å². The van der Waals surface area contributed by atoms with E-state index >= 15 is 0 Å². The molecule has 4 nitrogen and oxygen atoms in total. The number of benzene rings is 2. The Balaban J connectivity index is 2.11. The van der Waals surface area contributed by atoms with Gasteiger partial charge in [-0.2, -0.15) is 0 Å². The maximum absolute atomic E-state index is 12.3. The first kappa shape index (κ1) is 18.1. The number of nitrogens with one attached hydrogen (secondary N) is 1. The molecule has 2 aromatic carbocycles. The molecular formula is C16H17Cl2NO3S. The van der Waals surface area contributed by atoms with E-state index in [1.807, 2.05) is 25.1 Å². The van der Waals surface area contributed by atoms with E-state index in [4.69, 9.17) is 27.9 Å². The van der Waals surface area contributed by atoms with Crippen LogP contribution in [0.2, 0.25) is 10.0 Å². The van der Waals surface area contributed by atoms with Crippen LogP contribution in [0.15, 0.2) is 42.5 Å². The fourth-order valence-electron chi connectivity index (χ4n) is 2.05. The van der Waals surface area contributed by atoms with Crippen molar-refractivity contribution in [1.29, 1.82) is 0 Å². The van der Waals surface area contributed by atoms with Crippen molar-refractivity contribution in [2.75, 3.05) is 6.61 Å². The highest BCUT2D eigenvalue weighted by atomic mass is 35.5. The van der Waals surface area contributed by atoms with Crippen molar-refractivity contribution in [3.63, 3.8) is 0 Å². The molecule has 1 N–H and O–H groups in total. The molecule has 0 saturated carbocycles. The molecule has 0 saturated heterocycles. The first-order valence-electron chi connectivity index (χ1n) is 7.04. The van der Waals surface area contributed by atoms with Gasteiger partial charge in [-0.05, 0) is 25.1 Å². The standard InChI is InChI=1S/C16H17Cl2NO3S/c1-2-22-16-9-4-3-6-12(16)10-19-23(20,21)11-13-14(17)7-5-8-15(13)18/h3-9,19H,2,10-11H2,1H3. The molecule has 2 aromatic rings. The van der Waals surface area contributed by atoms with Crippen molar-refractivity contribution in [2.45, 2.75) is 19.2 Å². The van der Waals surface area contributed by atoms with Gasteiger partial charge in [0.2, 0.25) is 10.0 Å². The number of rotatable bonds is 7. The van der Waals surface area contributed by atoms with Crippen LogP contribution in [0.4, 0.5) is 0 Å². The summed E-state index contributed by atoms with van der Waals surface area (Å²) in [6.07, 6.45) is 0. The number of sulfonamides is 1.